The van der Waals surface area contributed by atoms with Gasteiger partial charge in [-0.3, -0.25) is 14.9 Å². The fourth-order valence-corrected chi connectivity index (χ4v) is 4.50. The van der Waals surface area contributed by atoms with Crippen LogP contribution >= 0.6 is 34.3 Å². The molecule has 9 heteroatoms. The maximum absolute atomic E-state index is 12.3. The van der Waals surface area contributed by atoms with Crippen molar-refractivity contribution in [2.75, 3.05) is 0 Å². The molecule has 27 heavy (non-hydrogen) atoms. The second kappa shape index (κ2) is 7.99. The van der Waals surface area contributed by atoms with E-state index in [0.29, 0.717) is 21.2 Å². The number of hydrogen-bond donors (Lipinski definition) is 0. The Labute approximate surface area is 167 Å². The van der Waals surface area contributed by atoms with E-state index in [1.165, 1.54) is 29.6 Å². The predicted molar refractivity (Wildman–Crippen MR) is 110 cm³/mol. The summed E-state index contributed by atoms with van der Waals surface area (Å²) in [4.78, 5) is 27.9. The summed E-state index contributed by atoms with van der Waals surface area (Å²) in [5, 5.41) is 11.4. The second-order valence-electron chi connectivity index (χ2n) is 5.52. The van der Waals surface area contributed by atoms with Gasteiger partial charge >= 0.3 is 5.00 Å². The zero-order valence-electron chi connectivity index (χ0n) is 14.2. The average molecular weight is 420 g/mol. The zero-order chi connectivity index (χ0) is 19.6. The number of hydrogen-bond acceptors (Lipinski definition) is 5. The number of aromatic nitrogens is 1. The molecule has 0 saturated heterocycles. The summed E-state index contributed by atoms with van der Waals surface area (Å²) in [5.74, 6) is -0.445. The van der Waals surface area contributed by atoms with Crippen LogP contribution in [-0.2, 0) is 11.3 Å². The molecule has 0 saturated carbocycles. The first-order valence-electron chi connectivity index (χ1n) is 7.81. The van der Waals surface area contributed by atoms with Crippen molar-refractivity contribution in [3.05, 3.63) is 73.4 Å². The Bertz CT molecular complexity index is 1150. The molecule has 0 aliphatic carbocycles. The molecule has 6 nitrogen and oxygen atoms in total. The molecule has 0 bridgehead atoms. The van der Waals surface area contributed by atoms with Gasteiger partial charge in [0.05, 0.1) is 15.1 Å². The molecule has 3 aromatic rings. The van der Waals surface area contributed by atoms with E-state index in [1.807, 2.05) is 23.6 Å². The van der Waals surface area contributed by atoms with Gasteiger partial charge in [0.25, 0.3) is 5.91 Å². The van der Waals surface area contributed by atoms with Crippen LogP contribution < -0.4 is 4.80 Å². The SMILES string of the molecule is C=CCn1c(=NC(=O)/C=C/c2ccc([N+](=O)[O-])s2)sc2ccc(Cl)c(C)c21. The lowest BCUT2D eigenvalue weighted by atomic mass is 10.2. The van der Waals surface area contributed by atoms with Crippen LogP contribution in [0, 0.1) is 17.0 Å². The number of aryl methyl sites for hydroxylation is 1. The van der Waals surface area contributed by atoms with Crippen molar-refractivity contribution in [2.45, 2.75) is 13.5 Å². The number of carbonyl (C=O) groups is 1. The molecule has 1 amide bonds. The summed E-state index contributed by atoms with van der Waals surface area (Å²) >= 11 is 8.62. The van der Waals surface area contributed by atoms with E-state index >= 15 is 0 Å². The zero-order valence-corrected chi connectivity index (χ0v) is 16.6. The van der Waals surface area contributed by atoms with Crippen LogP contribution in [0.4, 0.5) is 5.00 Å². The number of carbonyl (C=O) groups excluding carboxylic acids is 1. The Morgan fingerprint density at radius 1 is 1.37 bits per heavy atom. The summed E-state index contributed by atoms with van der Waals surface area (Å²) in [6.07, 6.45) is 4.56. The third kappa shape index (κ3) is 4.08. The second-order valence-corrected chi connectivity index (χ2v) is 8.03. The fraction of sp³-hybridized carbons (Fsp3) is 0.111. The van der Waals surface area contributed by atoms with E-state index in [-0.39, 0.29) is 5.00 Å². The topological polar surface area (TPSA) is 77.5 Å². The smallest absolute Gasteiger partial charge is 0.312 e. The number of rotatable bonds is 5. The lowest BCUT2D eigenvalue weighted by Gasteiger charge is -2.05. The number of thiazole rings is 1. The first kappa shape index (κ1) is 19.2. The van der Waals surface area contributed by atoms with Crippen LogP contribution in [0.25, 0.3) is 16.3 Å². The van der Waals surface area contributed by atoms with E-state index in [0.717, 1.165) is 27.1 Å². The van der Waals surface area contributed by atoms with Crippen LogP contribution in [0.15, 0.2) is 48.0 Å². The largest absolute Gasteiger partial charge is 0.324 e. The van der Waals surface area contributed by atoms with E-state index in [2.05, 4.69) is 11.6 Å². The molecule has 0 N–H and O–H groups in total. The van der Waals surface area contributed by atoms with Crippen LogP contribution in [-0.4, -0.2) is 15.4 Å². The number of halogens is 1. The highest BCUT2D eigenvalue weighted by Crippen LogP contribution is 2.27. The minimum absolute atomic E-state index is 0.0275. The standard InChI is InChI=1S/C18H14ClN3O3S2/c1-3-10-21-17-11(2)13(19)6-7-14(17)27-18(21)20-15(23)8-4-12-5-9-16(26-12)22(24)25/h3-9H,1,10H2,2H3/b8-4+,20-18?. The van der Waals surface area contributed by atoms with Gasteiger partial charge in [0.15, 0.2) is 4.80 Å². The third-order valence-electron chi connectivity index (χ3n) is 3.73. The Hall–Kier alpha value is -2.55. The Morgan fingerprint density at radius 3 is 2.81 bits per heavy atom. The molecule has 138 valence electrons. The van der Waals surface area contributed by atoms with Crippen molar-refractivity contribution in [3.63, 3.8) is 0 Å². The highest BCUT2D eigenvalue weighted by Gasteiger charge is 2.11. The number of fused-ring (bicyclic) bond motifs is 1. The molecule has 0 atom stereocenters. The van der Waals surface area contributed by atoms with E-state index in [1.54, 1.807) is 12.1 Å². The molecule has 0 fully saturated rings. The van der Waals surface area contributed by atoms with Gasteiger partial charge in [-0.15, -0.1) is 6.58 Å². The van der Waals surface area contributed by atoms with Crippen molar-refractivity contribution in [2.24, 2.45) is 4.99 Å². The maximum atomic E-state index is 12.3. The van der Waals surface area contributed by atoms with E-state index < -0.39 is 10.8 Å². The maximum Gasteiger partial charge on any atom is 0.324 e. The van der Waals surface area contributed by atoms with E-state index in [4.69, 9.17) is 11.6 Å². The number of amides is 1. The van der Waals surface area contributed by atoms with E-state index in [9.17, 15) is 14.9 Å². The summed E-state index contributed by atoms with van der Waals surface area (Å²) in [6.45, 7) is 6.18. The molecule has 0 radical (unpaired) electrons. The summed E-state index contributed by atoms with van der Waals surface area (Å²) in [6, 6.07) is 6.72. The monoisotopic (exact) mass is 419 g/mol. The van der Waals surface area contributed by atoms with Crippen LogP contribution in [0.3, 0.4) is 0 Å². The van der Waals surface area contributed by atoms with Gasteiger partial charge in [0.2, 0.25) is 0 Å². The van der Waals surface area contributed by atoms with Gasteiger partial charge in [0, 0.05) is 28.6 Å². The normalized spacial score (nSPS) is 12.1. The number of nitrogens with zero attached hydrogens (tertiary/aromatic N) is 3. The minimum atomic E-state index is -0.461. The summed E-state index contributed by atoms with van der Waals surface area (Å²) < 4.78 is 2.87. The molecule has 2 heterocycles. The van der Waals surface area contributed by atoms with Gasteiger partial charge < -0.3 is 4.57 Å². The molecule has 3 rings (SSSR count). The van der Waals surface area contributed by atoms with Crippen LogP contribution in [0.5, 0.6) is 0 Å². The first-order valence-corrected chi connectivity index (χ1v) is 9.82. The van der Waals surface area contributed by atoms with Crippen molar-refractivity contribution < 1.29 is 9.72 Å². The third-order valence-corrected chi connectivity index (χ3v) is 6.19. The molecule has 0 spiro atoms. The molecular formula is C18H14ClN3O3S2. The molecule has 0 unspecified atom stereocenters. The van der Waals surface area contributed by atoms with Crippen molar-refractivity contribution in [1.29, 1.82) is 0 Å². The Morgan fingerprint density at radius 2 is 2.15 bits per heavy atom. The highest BCUT2D eigenvalue weighted by atomic mass is 35.5. The molecule has 2 aromatic heterocycles. The van der Waals surface area contributed by atoms with Gasteiger partial charge in [-0.1, -0.05) is 40.4 Å². The van der Waals surface area contributed by atoms with Crippen LogP contribution in [0.2, 0.25) is 5.02 Å². The van der Waals surface area contributed by atoms with Gasteiger partial charge in [-0.25, -0.2) is 0 Å². The Balaban J connectivity index is 1.98. The molecule has 0 aliphatic rings. The quantitative estimate of drug-likeness (QED) is 0.254. The molecule has 1 aromatic carbocycles. The number of thiophene rings is 1. The average Bonchev–Trinajstić information content (AvgIpc) is 3.23. The van der Waals surface area contributed by atoms with Crippen molar-refractivity contribution in [3.8, 4) is 0 Å². The molecule has 0 aliphatic heterocycles. The first-order chi connectivity index (χ1) is 12.9. The lowest BCUT2D eigenvalue weighted by Crippen LogP contribution is -2.16. The minimum Gasteiger partial charge on any atom is -0.312 e. The Kier molecular flexibility index (Phi) is 5.69. The molecular weight excluding hydrogens is 406 g/mol. The summed E-state index contributed by atoms with van der Waals surface area (Å²) in [5.41, 5.74) is 1.85. The van der Waals surface area contributed by atoms with Crippen LogP contribution in [0.1, 0.15) is 10.4 Å². The fourth-order valence-electron chi connectivity index (χ4n) is 2.51. The van der Waals surface area contributed by atoms with Gasteiger partial charge in [0.1, 0.15) is 0 Å². The highest BCUT2D eigenvalue weighted by molar-refractivity contribution is 7.16. The number of benzene rings is 1. The van der Waals surface area contributed by atoms with Gasteiger partial charge in [-0.2, -0.15) is 4.99 Å². The lowest BCUT2D eigenvalue weighted by molar-refractivity contribution is -0.380. The number of allylic oxidation sites excluding steroid dienone is 1. The van der Waals surface area contributed by atoms with Crippen molar-refractivity contribution in [1.82, 2.24) is 4.57 Å². The predicted octanol–water partition coefficient (Wildman–Crippen LogP) is 4.96. The van der Waals surface area contributed by atoms with Gasteiger partial charge in [-0.05, 0) is 36.8 Å². The number of nitro groups is 1. The summed E-state index contributed by atoms with van der Waals surface area (Å²) in [7, 11) is 0. The van der Waals surface area contributed by atoms with Crippen molar-refractivity contribution >= 4 is 61.5 Å².